The first-order chi connectivity index (χ1) is 13.2. The number of rotatable bonds is 7. The van der Waals surface area contributed by atoms with Crippen LogP contribution in [0.2, 0.25) is 0 Å². The summed E-state index contributed by atoms with van der Waals surface area (Å²) in [5, 5.41) is 6.99. The normalized spacial score (nSPS) is 19.9. The van der Waals surface area contributed by atoms with Crippen LogP contribution in [0.4, 0.5) is 0 Å². The Morgan fingerprint density at radius 2 is 1.79 bits per heavy atom. The maximum Gasteiger partial charge on any atom is 0.191 e. The van der Waals surface area contributed by atoms with Crippen molar-refractivity contribution in [2.45, 2.75) is 52.6 Å². The summed E-state index contributed by atoms with van der Waals surface area (Å²) in [6.45, 7) is 11.8. The van der Waals surface area contributed by atoms with E-state index in [0.717, 1.165) is 51.9 Å². The van der Waals surface area contributed by atoms with E-state index in [0.29, 0.717) is 12.0 Å². The molecule has 28 heavy (non-hydrogen) atoms. The number of ether oxygens (including phenoxy) is 1. The lowest BCUT2D eigenvalue weighted by molar-refractivity contribution is 0.0341. The Bertz CT molecular complexity index is 610. The molecule has 1 saturated carbocycles. The van der Waals surface area contributed by atoms with Crippen LogP contribution in [0.15, 0.2) is 29.3 Å². The van der Waals surface area contributed by atoms with Crippen LogP contribution < -0.4 is 10.6 Å². The van der Waals surface area contributed by atoms with E-state index >= 15 is 0 Å². The number of benzene rings is 1. The molecular formula is C22H37IN4O. The number of halogens is 1. The second kappa shape index (κ2) is 12.0. The van der Waals surface area contributed by atoms with Gasteiger partial charge in [-0.05, 0) is 36.3 Å². The molecule has 1 aliphatic carbocycles. The molecule has 0 unspecified atom stereocenters. The highest BCUT2D eigenvalue weighted by atomic mass is 127. The predicted octanol–water partition coefficient (Wildman–Crippen LogP) is 3.77. The minimum absolute atomic E-state index is 0. The second-order valence-corrected chi connectivity index (χ2v) is 8.22. The summed E-state index contributed by atoms with van der Waals surface area (Å²) in [4.78, 5) is 7.35. The van der Waals surface area contributed by atoms with Gasteiger partial charge in [0, 0.05) is 32.7 Å². The maximum atomic E-state index is 5.47. The number of nitrogens with zero attached hydrogens (tertiary/aromatic N) is 2. The van der Waals surface area contributed by atoms with Crippen LogP contribution in [0.1, 0.15) is 50.7 Å². The average Bonchev–Trinajstić information content (AvgIpc) is 3.13. The maximum absolute atomic E-state index is 5.47. The first-order valence-corrected chi connectivity index (χ1v) is 10.6. The second-order valence-electron chi connectivity index (χ2n) is 8.22. The van der Waals surface area contributed by atoms with E-state index in [9.17, 15) is 0 Å². The fourth-order valence-corrected chi connectivity index (χ4v) is 4.07. The number of nitrogens with one attached hydrogen (secondary N) is 2. The molecule has 1 heterocycles. The van der Waals surface area contributed by atoms with Crippen LogP contribution >= 0.6 is 24.0 Å². The molecule has 1 aliphatic heterocycles. The molecule has 1 saturated heterocycles. The Kier molecular flexibility index (Phi) is 10.0. The molecule has 0 atom stereocenters. The fraction of sp³-hybridized carbons (Fsp3) is 0.682. The smallest absolute Gasteiger partial charge is 0.191 e. The van der Waals surface area contributed by atoms with Crippen molar-refractivity contribution in [3.8, 4) is 0 Å². The summed E-state index contributed by atoms with van der Waals surface area (Å²) in [5.74, 6) is 0.937. The van der Waals surface area contributed by atoms with E-state index in [1.54, 1.807) is 0 Å². The number of guanidine groups is 1. The number of hydrogen-bond donors (Lipinski definition) is 2. The predicted molar refractivity (Wildman–Crippen MR) is 127 cm³/mol. The van der Waals surface area contributed by atoms with Gasteiger partial charge in [-0.1, -0.05) is 44.0 Å². The van der Waals surface area contributed by atoms with Crippen molar-refractivity contribution in [2.75, 3.05) is 39.4 Å². The van der Waals surface area contributed by atoms with Gasteiger partial charge >= 0.3 is 0 Å². The first-order valence-electron chi connectivity index (χ1n) is 10.6. The molecule has 0 aromatic heterocycles. The number of hydrogen-bond acceptors (Lipinski definition) is 3. The van der Waals surface area contributed by atoms with Gasteiger partial charge in [0.15, 0.2) is 5.96 Å². The van der Waals surface area contributed by atoms with E-state index in [4.69, 9.17) is 9.73 Å². The highest BCUT2D eigenvalue weighted by Crippen LogP contribution is 2.36. The number of aliphatic imine (C=N–C) groups is 1. The zero-order valence-electron chi connectivity index (χ0n) is 17.5. The summed E-state index contributed by atoms with van der Waals surface area (Å²) >= 11 is 0. The highest BCUT2D eigenvalue weighted by molar-refractivity contribution is 14.0. The molecule has 0 radical (unpaired) electrons. The third kappa shape index (κ3) is 7.19. The monoisotopic (exact) mass is 500 g/mol. The minimum Gasteiger partial charge on any atom is -0.379 e. The molecule has 1 aromatic carbocycles. The van der Waals surface area contributed by atoms with Crippen LogP contribution in [0.25, 0.3) is 0 Å². The van der Waals surface area contributed by atoms with Gasteiger partial charge in [-0.15, -0.1) is 24.0 Å². The molecule has 158 valence electrons. The van der Waals surface area contributed by atoms with Gasteiger partial charge in [0.1, 0.15) is 0 Å². The molecule has 2 aliphatic rings. The summed E-state index contributed by atoms with van der Waals surface area (Å²) in [6, 6.07) is 8.70. The Morgan fingerprint density at radius 3 is 2.46 bits per heavy atom. The summed E-state index contributed by atoms with van der Waals surface area (Å²) in [6.07, 6.45) is 5.37. The van der Waals surface area contributed by atoms with Gasteiger partial charge in [0.25, 0.3) is 0 Å². The average molecular weight is 500 g/mol. The Morgan fingerprint density at radius 1 is 1.11 bits per heavy atom. The van der Waals surface area contributed by atoms with Crippen molar-refractivity contribution in [3.63, 3.8) is 0 Å². The van der Waals surface area contributed by atoms with E-state index in [1.165, 1.54) is 36.8 Å². The minimum atomic E-state index is 0. The van der Waals surface area contributed by atoms with Crippen molar-refractivity contribution in [2.24, 2.45) is 10.4 Å². The van der Waals surface area contributed by atoms with Gasteiger partial charge in [-0.25, -0.2) is 4.99 Å². The Labute approximate surface area is 187 Å². The quantitative estimate of drug-likeness (QED) is 0.340. The summed E-state index contributed by atoms with van der Waals surface area (Å²) in [7, 11) is 0. The van der Waals surface area contributed by atoms with Crippen molar-refractivity contribution in [3.05, 3.63) is 35.4 Å². The standard InChI is InChI=1S/C22H36N4O.HI/c1-3-23-21(25-18-22(2)10-6-7-11-22)24-16-19-8-4-5-9-20(19)17-26-12-14-27-15-13-26;/h4-5,8-9H,3,6-7,10-18H2,1-2H3,(H2,23,24,25);1H. The first kappa shape index (κ1) is 23.4. The third-order valence-corrected chi connectivity index (χ3v) is 5.86. The van der Waals surface area contributed by atoms with Crippen LogP contribution in [-0.4, -0.2) is 50.3 Å². The van der Waals surface area contributed by atoms with Crippen LogP contribution in [-0.2, 0) is 17.8 Å². The molecular weight excluding hydrogens is 463 g/mol. The zero-order valence-corrected chi connectivity index (χ0v) is 19.8. The zero-order chi connectivity index (χ0) is 19.0. The van der Waals surface area contributed by atoms with Gasteiger partial charge in [0.2, 0.25) is 0 Å². The molecule has 3 rings (SSSR count). The van der Waals surface area contributed by atoms with E-state index in [2.05, 4.69) is 53.6 Å². The third-order valence-electron chi connectivity index (χ3n) is 5.86. The van der Waals surface area contributed by atoms with E-state index in [1.807, 2.05) is 0 Å². The SMILES string of the molecule is CCNC(=NCc1ccccc1CN1CCOCC1)NCC1(C)CCCC1.I. The number of morpholine rings is 1. The topological polar surface area (TPSA) is 48.9 Å². The lowest BCUT2D eigenvalue weighted by Gasteiger charge is -2.27. The molecule has 0 spiro atoms. The van der Waals surface area contributed by atoms with Gasteiger partial charge in [-0.2, -0.15) is 0 Å². The Hall–Kier alpha value is -0.860. The van der Waals surface area contributed by atoms with Crippen molar-refractivity contribution in [1.82, 2.24) is 15.5 Å². The van der Waals surface area contributed by atoms with Gasteiger partial charge in [-0.3, -0.25) is 4.90 Å². The van der Waals surface area contributed by atoms with Crippen LogP contribution in [0, 0.1) is 5.41 Å². The molecule has 0 bridgehead atoms. The lowest BCUT2D eigenvalue weighted by Crippen LogP contribution is -2.42. The van der Waals surface area contributed by atoms with Crippen LogP contribution in [0.5, 0.6) is 0 Å². The Balaban J connectivity index is 0.00000280. The highest BCUT2D eigenvalue weighted by Gasteiger charge is 2.28. The summed E-state index contributed by atoms with van der Waals surface area (Å²) < 4.78 is 5.47. The molecule has 2 fully saturated rings. The molecule has 1 aromatic rings. The van der Waals surface area contributed by atoms with Gasteiger partial charge < -0.3 is 15.4 Å². The lowest BCUT2D eigenvalue weighted by atomic mass is 9.89. The molecule has 5 nitrogen and oxygen atoms in total. The van der Waals surface area contributed by atoms with Gasteiger partial charge in [0.05, 0.1) is 19.8 Å². The van der Waals surface area contributed by atoms with Crippen molar-refractivity contribution in [1.29, 1.82) is 0 Å². The fourth-order valence-electron chi connectivity index (χ4n) is 4.07. The molecule has 0 amide bonds. The van der Waals surface area contributed by atoms with Crippen LogP contribution in [0.3, 0.4) is 0 Å². The molecule has 6 heteroatoms. The molecule has 2 N–H and O–H groups in total. The van der Waals surface area contributed by atoms with Crippen molar-refractivity contribution < 1.29 is 4.74 Å². The van der Waals surface area contributed by atoms with E-state index in [-0.39, 0.29) is 24.0 Å². The largest absolute Gasteiger partial charge is 0.379 e. The summed E-state index contributed by atoms with van der Waals surface area (Å²) in [5.41, 5.74) is 3.11. The van der Waals surface area contributed by atoms with Crippen molar-refractivity contribution >= 4 is 29.9 Å². The van der Waals surface area contributed by atoms with E-state index < -0.39 is 0 Å².